The maximum absolute atomic E-state index is 10.6. The largest absolute Gasteiger partial charge is 0.389 e. The average Bonchev–Trinajstić information content (AvgIpc) is 2.65. The molecule has 0 radical (unpaired) electrons. The van der Waals surface area contributed by atoms with E-state index in [2.05, 4.69) is 5.10 Å². The highest BCUT2D eigenvalue weighted by Crippen LogP contribution is 2.22. The number of anilines is 1. The molecule has 4 N–H and O–H groups in total. The number of nitrogens with zero attached hydrogens (tertiary/aromatic N) is 3. The molecule has 2 rings (SSSR count). The number of nitro benzene ring substituents is 1. The van der Waals surface area contributed by atoms with Crippen LogP contribution in [0.15, 0.2) is 24.3 Å². The van der Waals surface area contributed by atoms with Crippen molar-refractivity contribution in [3.63, 3.8) is 0 Å². The zero-order valence-corrected chi connectivity index (χ0v) is 10.8. The van der Waals surface area contributed by atoms with Gasteiger partial charge in [-0.25, -0.2) is 4.68 Å². The van der Waals surface area contributed by atoms with E-state index in [-0.39, 0.29) is 10.7 Å². The molecule has 0 aliphatic rings. The number of non-ortho nitro benzene ring substituents is 1. The number of aryl methyl sites for hydroxylation is 1. The summed E-state index contributed by atoms with van der Waals surface area (Å²) in [6, 6.07) is 5.88. The third kappa shape index (κ3) is 2.25. The maximum Gasteiger partial charge on any atom is 0.269 e. The van der Waals surface area contributed by atoms with Crippen molar-refractivity contribution in [3.8, 4) is 5.69 Å². The van der Waals surface area contributed by atoms with Gasteiger partial charge in [0.15, 0.2) is 0 Å². The molecule has 2 aromatic rings. The predicted molar refractivity (Wildman–Crippen MR) is 75.3 cm³/mol. The van der Waals surface area contributed by atoms with Crippen LogP contribution in [0.25, 0.3) is 5.69 Å². The van der Waals surface area contributed by atoms with Gasteiger partial charge in [-0.2, -0.15) is 5.10 Å². The van der Waals surface area contributed by atoms with Crippen LogP contribution >= 0.6 is 12.2 Å². The van der Waals surface area contributed by atoms with E-state index in [1.165, 1.54) is 16.8 Å². The summed E-state index contributed by atoms with van der Waals surface area (Å²) in [7, 11) is 0. The lowest BCUT2D eigenvalue weighted by atomic mass is 10.2. The molecule has 0 amide bonds. The van der Waals surface area contributed by atoms with Crippen molar-refractivity contribution >= 4 is 28.7 Å². The van der Waals surface area contributed by atoms with Crippen molar-refractivity contribution in [3.05, 3.63) is 45.6 Å². The molecule has 98 valence electrons. The molecular formula is C11H11N5O2S. The molecule has 8 heteroatoms. The van der Waals surface area contributed by atoms with Gasteiger partial charge in [-0.1, -0.05) is 12.2 Å². The normalized spacial score (nSPS) is 10.4. The van der Waals surface area contributed by atoms with Gasteiger partial charge in [-0.3, -0.25) is 10.1 Å². The predicted octanol–water partition coefficient (Wildman–Crippen LogP) is 1.31. The molecule has 19 heavy (non-hydrogen) atoms. The Labute approximate surface area is 114 Å². The smallest absolute Gasteiger partial charge is 0.269 e. The number of nitro groups is 1. The number of hydrogen-bond acceptors (Lipinski definition) is 5. The molecule has 7 nitrogen and oxygen atoms in total. The first-order valence-corrected chi connectivity index (χ1v) is 5.72. The lowest BCUT2D eigenvalue weighted by molar-refractivity contribution is -0.384. The molecule has 0 unspecified atom stereocenters. The monoisotopic (exact) mass is 277 g/mol. The van der Waals surface area contributed by atoms with E-state index in [0.717, 1.165) is 0 Å². The molecule has 1 aromatic heterocycles. The van der Waals surface area contributed by atoms with Crippen LogP contribution in [0.1, 0.15) is 11.3 Å². The second-order valence-electron chi connectivity index (χ2n) is 3.90. The molecule has 0 aliphatic heterocycles. The van der Waals surface area contributed by atoms with E-state index < -0.39 is 4.92 Å². The Hall–Kier alpha value is -2.48. The summed E-state index contributed by atoms with van der Waals surface area (Å²) in [6.07, 6.45) is 0. The van der Waals surface area contributed by atoms with Crippen molar-refractivity contribution < 1.29 is 4.92 Å². The zero-order chi connectivity index (χ0) is 14.2. The third-order valence-corrected chi connectivity index (χ3v) is 2.85. The Kier molecular flexibility index (Phi) is 3.17. The molecule has 1 heterocycles. The van der Waals surface area contributed by atoms with Crippen LogP contribution in [-0.4, -0.2) is 19.7 Å². The maximum atomic E-state index is 10.6. The van der Waals surface area contributed by atoms with Gasteiger partial charge in [0.1, 0.15) is 10.8 Å². The molecule has 0 bridgehead atoms. The number of thiocarbonyl (C=S) groups is 1. The molecule has 0 atom stereocenters. The van der Waals surface area contributed by atoms with Crippen LogP contribution in [0.3, 0.4) is 0 Å². The summed E-state index contributed by atoms with van der Waals surface area (Å²) in [6.45, 7) is 1.74. The number of nitrogen functional groups attached to an aromatic ring is 1. The lowest BCUT2D eigenvalue weighted by Crippen LogP contribution is -2.13. The molecule has 1 aromatic carbocycles. The Morgan fingerprint density at radius 3 is 2.42 bits per heavy atom. The number of benzene rings is 1. The van der Waals surface area contributed by atoms with Crippen molar-refractivity contribution in [2.75, 3.05) is 5.73 Å². The molecule has 0 saturated heterocycles. The SMILES string of the molecule is Cc1nn(-c2ccc([N+](=O)[O-])cc2)c(N)c1C(N)=S. The first kappa shape index (κ1) is 13.0. The molecular weight excluding hydrogens is 266 g/mol. The van der Waals surface area contributed by atoms with Crippen molar-refractivity contribution in [1.29, 1.82) is 0 Å². The van der Waals surface area contributed by atoms with Crippen molar-refractivity contribution in [2.45, 2.75) is 6.92 Å². The van der Waals surface area contributed by atoms with E-state index in [4.69, 9.17) is 23.7 Å². The fourth-order valence-electron chi connectivity index (χ4n) is 1.76. The van der Waals surface area contributed by atoms with Gasteiger partial charge in [0, 0.05) is 12.1 Å². The van der Waals surface area contributed by atoms with Crippen molar-refractivity contribution in [2.24, 2.45) is 5.73 Å². The van der Waals surface area contributed by atoms with Crippen LogP contribution < -0.4 is 11.5 Å². The topological polar surface area (TPSA) is 113 Å². The van der Waals surface area contributed by atoms with E-state index in [0.29, 0.717) is 22.8 Å². The van der Waals surface area contributed by atoms with Crippen LogP contribution in [0.2, 0.25) is 0 Å². The summed E-state index contributed by atoms with van der Waals surface area (Å²) in [5.74, 6) is 0.318. The van der Waals surface area contributed by atoms with Crippen molar-refractivity contribution in [1.82, 2.24) is 9.78 Å². The van der Waals surface area contributed by atoms with Gasteiger partial charge in [-0.05, 0) is 19.1 Å². The number of aromatic nitrogens is 2. The zero-order valence-electron chi connectivity index (χ0n) is 10.0. The van der Waals surface area contributed by atoms with Gasteiger partial charge in [0.2, 0.25) is 0 Å². The van der Waals surface area contributed by atoms with Crippen LogP contribution in [0.5, 0.6) is 0 Å². The first-order valence-electron chi connectivity index (χ1n) is 5.31. The standard InChI is InChI=1S/C11H11N5O2S/c1-6-9(11(13)19)10(12)15(14-6)7-2-4-8(5-3-7)16(17)18/h2-5H,12H2,1H3,(H2,13,19). The van der Waals surface area contributed by atoms with Crippen LogP contribution in [0, 0.1) is 17.0 Å². The second-order valence-corrected chi connectivity index (χ2v) is 4.34. The van der Waals surface area contributed by atoms with Gasteiger partial charge < -0.3 is 11.5 Å². The fourth-order valence-corrected chi connectivity index (χ4v) is 2.01. The summed E-state index contributed by atoms with van der Waals surface area (Å²) in [5.41, 5.74) is 13.3. The van der Waals surface area contributed by atoms with E-state index in [1.54, 1.807) is 19.1 Å². The van der Waals surface area contributed by atoms with Gasteiger partial charge in [0.05, 0.1) is 21.9 Å². The minimum absolute atomic E-state index is 0.000712. The lowest BCUT2D eigenvalue weighted by Gasteiger charge is -2.04. The molecule has 0 saturated carbocycles. The quantitative estimate of drug-likeness (QED) is 0.496. The summed E-state index contributed by atoms with van der Waals surface area (Å²) in [4.78, 5) is 10.3. The van der Waals surface area contributed by atoms with Gasteiger partial charge in [0.25, 0.3) is 5.69 Å². The minimum atomic E-state index is -0.470. The Morgan fingerprint density at radius 1 is 1.42 bits per heavy atom. The van der Waals surface area contributed by atoms with E-state index >= 15 is 0 Å². The highest BCUT2D eigenvalue weighted by molar-refractivity contribution is 7.80. The van der Waals surface area contributed by atoms with Gasteiger partial charge in [-0.15, -0.1) is 0 Å². The first-order chi connectivity index (χ1) is 8.91. The highest BCUT2D eigenvalue weighted by Gasteiger charge is 2.16. The summed E-state index contributed by atoms with van der Waals surface area (Å²) < 4.78 is 1.45. The Morgan fingerprint density at radius 2 is 2.00 bits per heavy atom. The van der Waals surface area contributed by atoms with E-state index in [9.17, 15) is 10.1 Å². The molecule has 0 fully saturated rings. The van der Waals surface area contributed by atoms with E-state index in [1.807, 2.05) is 0 Å². The van der Waals surface area contributed by atoms with Gasteiger partial charge >= 0.3 is 0 Å². The number of nitrogens with two attached hydrogens (primary N) is 2. The van der Waals surface area contributed by atoms with Crippen LogP contribution in [-0.2, 0) is 0 Å². The third-order valence-electron chi connectivity index (χ3n) is 2.65. The fraction of sp³-hybridized carbons (Fsp3) is 0.0909. The Balaban J connectivity index is 2.51. The summed E-state index contributed by atoms with van der Waals surface area (Å²) >= 11 is 4.91. The highest BCUT2D eigenvalue weighted by atomic mass is 32.1. The average molecular weight is 277 g/mol. The molecule has 0 spiro atoms. The Bertz CT molecular complexity index is 662. The number of hydrogen-bond donors (Lipinski definition) is 2. The minimum Gasteiger partial charge on any atom is -0.389 e. The second kappa shape index (κ2) is 4.65. The number of rotatable bonds is 3. The summed E-state index contributed by atoms with van der Waals surface area (Å²) in [5, 5.41) is 14.8. The van der Waals surface area contributed by atoms with Crippen LogP contribution in [0.4, 0.5) is 11.5 Å². The molecule has 0 aliphatic carbocycles.